The van der Waals surface area contributed by atoms with E-state index in [-0.39, 0.29) is 18.7 Å². The van der Waals surface area contributed by atoms with Gasteiger partial charge in [0, 0.05) is 26.8 Å². The number of aliphatic hydroxyl groups excluding tert-OH is 1. The SMILES string of the molecule is COCC1CCN(C(CO)C(N)COC)C1. The van der Waals surface area contributed by atoms with E-state index in [4.69, 9.17) is 15.2 Å². The van der Waals surface area contributed by atoms with Crippen LogP contribution in [-0.4, -0.2) is 69.2 Å². The van der Waals surface area contributed by atoms with Crippen LogP contribution >= 0.6 is 0 Å². The van der Waals surface area contributed by atoms with Gasteiger partial charge in [-0.15, -0.1) is 0 Å². The number of likely N-dealkylation sites (tertiary alicyclic amines) is 1. The fourth-order valence-electron chi connectivity index (χ4n) is 2.36. The number of hydrogen-bond donors (Lipinski definition) is 2. The number of nitrogens with zero attached hydrogens (tertiary/aromatic N) is 1. The minimum Gasteiger partial charge on any atom is -0.395 e. The van der Waals surface area contributed by atoms with Crippen LogP contribution < -0.4 is 5.73 Å². The van der Waals surface area contributed by atoms with E-state index in [9.17, 15) is 5.11 Å². The van der Waals surface area contributed by atoms with Gasteiger partial charge in [-0.1, -0.05) is 0 Å². The highest BCUT2D eigenvalue weighted by molar-refractivity contribution is 4.87. The predicted molar refractivity (Wildman–Crippen MR) is 62.3 cm³/mol. The van der Waals surface area contributed by atoms with Crippen LogP contribution in [-0.2, 0) is 9.47 Å². The van der Waals surface area contributed by atoms with Gasteiger partial charge in [-0.25, -0.2) is 0 Å². The van der Waals surface area contributed by atoms with Gasteiger partial charge >= 0.3 is 0 Å². The minimum absolute atomic E-state index is 0.00167. The second kappa shape index (κ2) is 7.19. The maximum absolute atomic E-state index is 9.39. The molecule has 1 fully saturated rings. The Balaban J connectivity index is 2.42. The van der Waals surface area contributed by atoms with Crippen molar-refractivity contribution < 1.29 is 14.6 Å². The van der Waals surface area contributed by atoms with Crippen molar-refractivity contribution in [2.45, 2.75) is 18.5 Å². The zero-order valence-corrected chi connectivity index (χ0v) is 10.3. The van der Waals surface area contributed by atoms with Crippen LogP contribution in [0.25, 0.3) is 0 Å². The van der Waals surface area contributed by atoms with Crippen molar-refractivity contribution in [1.82, 2.24) is 4.90 Å². The van der Waals surface area contributed by atoms with Crippen LogP contribution in [0.2, 0.25) is 0 Å². The Kier molecular flexibility index (Phi) is 6.23. The molecule has 1 aliphatic rings. The Hall–Kier alpha value is -0.200. The third-order valence-electron chi connectivity index (χ3n) is 3.23. The van der Waals surface area contributed by atoms with Gasteiger partial charge in [-0.3, -0.25) is 4.90 Å². The molecule has 0 bridgehead atoms. The van der Waals surface area contributed by atoms with Gasteiger partial charge in [0.15, 0.2) is 0 Å². The molecule has 1 saturated heterocycles. The molecule has 0 aromatic heterocycles. The third-order valence-corrected chi connectivity index (χ3v) is 3.23. The molecule has 5 nitrogen and oxygen atoms in total. The fraction of sp³-hybridized carbons (Fsp3) is 1.00. The third kappa shape index (κ3) is 3.68. The number of hydrogen-bond acceptors (Lipinski definition) is 5. The molecule has 1 heterocycles. The first-order valence-corrected chi connectivity index (χ1v) is 5.81. The van der Waals surface area contributed by atoms with Crippen molar-refractivity contribution in [3.05, 3.63) is 0 Å². The Labute approximate surface area is 97.5 Å². The van der Waals surface area contributed by atoms with Gasteiger partial charge in [-0.05, 0) is 18.9 Å². The molecule has 0 amide bonds. The minimum atomic E-state index is -0.128. The first-order chi connectivity index (χ1) is 7.72. The van der Waals surface area contributed by atoms with E-state index >= 15 is 0 Å². The lowest BCUT2D eigenvalue weighted by atomic mass is 10.1. The quantitative estimate of drug-likeness (QED) is 0.607. The van der Waals surface area contributed by atoms with Gasteiger partial charge in [0.1, 0.15) is 0 Å². The maximum atomic E-state index is 9.39. The number of rotatable bonds is 7. The van der Waals surface area contributed by atoms with Gasteiger partial charge < -0.3 is 20.3 Å². The fourth-order valence-corrected chi connectivity index (χ4v) is 2.36. The summed E-state index contributed by atoms with van der Waals surface area (Å²) in [5.41, 5.74) is 5.98. The average Bonchev–Trinajstić information content (AvgIpc) is 2.68. The van der Waals surface area contributed by atoms with Crippen LogP contribution in [0.4, 0.5) is 0 Å². The second-order valence-corrected chi connectivity index (χ2v) is 4.47. The van der Waals surface area contributed by atoms with Crippen molar-refractivity contribution >= 4 is 0 Å². The molecule has 3 N–H and O–H groups in total. The Morgan fingerprint density at radius 1 is 1.44 bits per heavy atom. The Morgan fingerprint density at radius 2 is 2.19 bits per heavy atom. The van der Waals surface area contributed by atoms with E-state index in [1.807, 2.05) is 0 Å². The molecule has 0 aromatic carbocycles. The van der Waals surface area contributed by atoms with E-state index in [0.717, 1.165) is 26.1 Å². The van der Waals surface area contributed by atoms with Crippen molar-refractivity contribution in [2.24, 2.45) is 11.7 Å². The summed E-state index contributed by atoms with van der Waals surface area (Å²) in [7, 11) is 3.36. The first-order valence-electron chi connectivity index (χ1n) is 5.81. The Bertz CT molecular complexity index is 192. The van der Waals surface area contributed by atoms with E-state index in [1.54, 1.807) is 14.2 Å². The molecule has 3 atom stereocenters. The maximum Gasteiger partial charge on any atom is 0.0629 e. The molecular formula is C11H24N2O3. The summed E-state index contributed by atoms with van der Waals surface area (Å²) in [6.45, 7) is 3.29. The van der Waals surface area contributed by atoms with Crippen molar-refractivity contribution in [1.29, 1.82) is 0 Å². The summed E-state index contributed by atoms with van der Waals surface area (Å²) in [6, 6.07) is -0.127. The monoisotopic (exact) mass is 232 g/mol. The zero-order chi connectivity index (χ0) is 12.0. The average molecular weight is 232 g/mol. The predicted octanol–water partition coefficient (Wildman–Crippen LogP) is -0.711. The summed E-state index contributed by atoms with van der Waals surface area (Å²) in [4.78, 5) is 2.24. The molecule has 1 rings (SSSR count). The smallest absolute Gasteiger partial charge is 0.0629 e. The molecular weight excluding hydrogens is 208 g/mol. The highest BCUT2D eigenvalue weighted by atomic mass is 16.5. The highest BCUT2D eigenvalue weighted by Gasteiger charge is 2.31. The lowest BCUT2D eigenvalue weighted by Gasteiger charge is -2.30. The van der Waals surface area contributed by atoms with E-state index in [1.165, 1.54) is 0 Å². The highest BCUT2D eigenvalue weighted by Crippen LogP contribution is 2.19. The van der Waals surface area contributed by atoms with Gasteiger partial charge in [0.25, 0.3) is 0 Å². The van der Waals surface area contributed by atoms with Crippen molar-refractivity contribution in [3.8, 4) is 0 Å². The molecule has 0 spiro atoms. The molecule has 0 radical (unpaired) electrons. The number of ether oxygens (including phenoxy) is 2. The normalized spacial score (nSPS) is 25.9. The van der Waals surface area contributed by atoms with Crippen LogP contribution in [0.1, 0.15) is 6.42 Å². The molecule has 96 valence electrons. The van der Waals surface area contributed by atoms with E-state index in [2.05, 4.69) is 4.90 Å². The van der Waals surface area contributed by atoms with E-state index < -0.39 is 0 Å². The number of methoxy groups -OCH3 is 2. The van der Waals surface area contributed by atoms with Crippen molar-refractivity contribution in [2.75, 3.05) is 47.1 Å². The summed E-state index contributed by atoms with van der Waals surface area (Å²) in [6.07, 6.45) is 1.12. The molecule has 1 aliphatic heterocycles. The van der Waals surface area contributed by atoms with Crippen LogP contribution in [0.3, 0.4) is 0 Å². The zero-order valence-electron chi connectivity index (χ0n) is 10.3. The molecule has 0 aliphatic carbocycles. The van der Waals surface area contributed by atoms with Crippen LogP contribution in [0.15, 0.2) is 0 Å². The summed E-state index contributed by atoms with van der Waals surface area (Å²) in [5, 5.41) is 9.39. The number of aliphatic hydroxyl groups is 1. The summed E-state index contributed by atoms with van der Waals surface area (Å²) in [5.74, 6) is 0.564. The Morgan fingerprint density at radius 3 is 2.75 bits per heavy atom. The lowest BCUT2D eigenvalue weighted by molar-refractivity contribution is 0.0776. The van der Waals surface area contributed by atoms with Gasteiger partial charge in [0.2, 0.25) is 0 Å². The molecule has 0 aromatic rings. The molecule has 0 saturated carbocycles. The van der Waals surface area contributed by atoms with Crippen molar-refractivity contribution in [3.63, 3.8) is 0 Å². The summed E-state index contributed by atoms with van der Waals surface area (Å²) >= 11 is 0. The van der Waals surface area contributed by atoms with Crippen LogP contribution in [0, 0.1) is 5.92 Å². The molecule has 16 heavy (non-hydrogen) atoms. The molecule has 3 unspecified atom stereocenters. The largest absolute Gasteiger partial charge is 0.395 e. The lowest BCUT2D eigenvalue weighted by Crippen LogP contribution is -2.51. The van der Waals surface area contributed by atoms with Crippen LogP contribution in [0.5, 0.6) is 0 Å². The topological polar surface area (TPSA) is 68.0 Å². The standard InChI is InChI=1S/C11H24N2O3/c1-15-7-9-3-4-13(5-9)11(6-14)10(12)8-16-2/h9-11,14H,3-8,12H2,1-2H3. The van der Waals surface area contributed by atoms with Gasteiger partial charge in [0.05, 0.1) is 25.9 Å². The molecule has 5 heteroatoms. The first kappa shape index (κ1) is 13.9. The van der Waals surface area contributed by atoms with E-state index in [0.29, 0.717) is 12.5 Å². The summed E-state index contributed by atoms with van der Waals surface area (Å²) < 4.78 is 10.2. The van der Waals surface area contributed by atoms with Gasteiger partial charge in [-0.2, -0.15) is 0 Å². The second-order valence-electron chi connectivity index (χ2n) is 4.47. The number of nitrogens with two attached hydrogens (primary N) is 1.